The van der Waals surface area contributed by atoms with E-state index in [4.69, 9.17) is 0 Å². The lowest BCUT2D eigenvalue weighted by molar-refractivity contribution is 0.0523. The number of aliphatic hydroxyl groups is 1. The molecule has 2 heteroatoms. The van der Waals surface area contributed by atoms with E-state index in [0.29, 0.717) is 0 Å². The Hall–Kier alpha value is -1.90. The molecule has 0 radical (unpaired) electrons. The highest BCUT2D eigenvalue weighted by atomic mass is 16.3. The van der Waals surface area contributed by atoms with E-state index in [9.17, 15) is 5.11 Å². The molecule has 0 saturated carbocycles. The lowest BCUT2D eigenvalue weighted by Crippen LogP contribution is -2.37. The minimum Gasteiger partial charge on any atom is -0.387 e. The number of hydrogen-bond acceptors (Lipinski definition) is 2. The van der Waals surface area contributed by atoms with E-state index in [1.807, 2.05) is 36.4 Å². The smallest absolute Gasteiger partial charge is 0.0942 e. The zero-order valence-electron chi connectivity index (χ0n) is 14.9. The first-order valence-electron chi connectivity index (χ1n) is 8.84. The molecule has 0 aliphatic carbocycles. The van der Waals surface area contributed by atoms with Crippen LogP contribution in [0.25, 0.3) is 6.08 Å². The predicted octanol–water partition coefficient (Wildman–Crippen LogP) is 5.05. The summed E-state index contributed by atoms with van der Waals surface area (Å²) in [5, 5.41) is 10.8. The highest BCUT2D eigenvalue weighted by molar-refractivity contribution is 5.47. The zero-order valence-corrected chi connectivity index (χ0v) is 14.9. The van der Waals surface area contributed by atoms with Crippen molar-refractivity contribution in [2.45, 2.75) is 45.4 Å². The van der Waals surface area contributed by atoms with E-state index < -0.39 is 6.10 Å². The fourth-order valence-corrected chi connectivity index (χ4v) is 2.97. The second-order valence-corrected chi connectivity index (χ2v) is 6.37. The molecular weight excluding hydrogens is 294 g/mol. The van der Waals surface area contributed by atoms with E-state index >= 15 is 0 Å². The molecule has 0 spiro atoms. The Kier molecular flexibility index (Phi) is 7.23. The van der Waals surface area contributed by atoms with Gasteiger partial charge >= 0.3 is 0 Å². The van der Waals surface area contributed by atoms with Crippen molar-refractivity contribution >= 4 is 6.08 Å². The molecule has 128 valence electrons. The molecule has 2 aromatic rings. The summed E-state index contributed by atoms with van der Waals surface area (Å²) in [5.41, 5.74) is 3.38. The van der Waals surface area contributed by atoms with E-state index in [2.05, 4.69) is 49.6 Å². The molecule has 2 rings (SSSR count). The van der Waals surface area contributed by atoms with Crippen molar-refractivity contribution in [3.63, 3.8) is 0 Å². The van der Waals surface area contributed by atoms with Gasteiger partial charge in [0.2, 0.25) is 0 Å². The van der Waals surface area contributed by atoms with Crippen molar-refractivity contribution in [3.8, 4) is 0 Å². The highest BCUT2D eigenvalue weighted by Gasteiger charge is 2.22. The number of hydrogen-bond donors (Lipinski definition) is 1. The van der Waals surface area contributed by atoms with Gasteiger partial charge in [-0.25, -0.2) is 0 Å². The second kappa shape index (κ2) is 9.41. The monoisotopic (exact) mass is 323 g/mol. The van der Waals surface area contributed by atoms with Crippen LogP contribution in [0.15, 0.2) is 61.2 Å². The average Bonchev–Trinajstić information content (AvgIpc) is 2.64. The largest absolute Gasteiger partial charge is 0.387 e. The maximum atomic E-state index is 10.8. The van der Waals surface area contributed by atoms with Crippen molar-refractivity contribution < 1.29 is 5.11 Å². The van der Waals surface area contributed by atoms with Gasteiger partial charge in [0.15, 0.2) is 0 Å². The van der Waals surface area contributed by atoms with Gasteiger partial charge in [-0.1, -0.05) is 80.6 Å². The van der Waals surface area contributed by atoms with Gasteiger partial charge in [0.1, 0.15) is 0 Å². The maximum Gasteiger partial charge on any atom is 0.0942 e. The van der Waals surface area contributed by atoms with Gasteiger partial charge in [0.25, 0.3) is 0 Å². The molecule has 0 unspecified atom stereocenters. The summed E-state index contributed by atoms with van der Waals surface area (Å²) in [5.74, 6) is 0. The minimum absolute atomic E-state index is 0.0614. The minimum atomic E-state index is -0.481. The van der Waals surface area contributed by atoms with Gasteiger partial charge in [0, 0.05) is 12.6 Å². The van der Waals surface area contributed by atoms with Crippen molar-refractivity contribution in [2.24, 2.45) is 0 Å². The van der Waals surface area contributed by atoms with Crippen LogP contribution in [0.3, 0.4) is 0 Å². The van der Waals surface area contributed by atoms with Crippen molar-refractivity contribution in [1.82, 2.24) is 4.90 Å². The predicted molar refractivity (Wildman–Crippen MR) is 103 cm³/mol. The quantitative estimate of drug-likeness (QED) is 0.697. The summed E-state index contributed by atoms with van der Waals surface area (Å²) in [4.78, 5) is 2.38. The molecule has 0 fully saturated rings. The number of unbranched alkanes of at least 4 members (excludes halogenated alkanes) is 1. The summed E-state index contributed by atoms with van der Waals surface area (Å²) >= 11 is 0. The van der Waals surface area contributed by atoms with Crippen molar-refractivity contribution in [1.29, 1.82) is 0 Å². The molecular formula is C22H29NO. The fraction of sp³-hybridized carbons (Fsp3) is 0.364. The summed E-state index contributed by atoms with van der Waals surface area (Å²) in [7, 11) is 0. The summed E-state index contributed by atoms with van der Waals surface area (Å²) in [6.07, 6.45) is 3.68. The van der Waals surface area contributed by atoms with Crippen molar-refractivity contribution in [3.05, 3.63) is 77.9 Å². The average molecular weight is 323 g/mol. The molecule has 0 aliphatic rings. The summed E-state index contributed by atoms with van der Waals surface area (Å²) in [6.45, 7) is 10.00. The Morgan fingerprint density at radius 3 is 2.54 bits per heavy atom. The molecule has 24 heavy (non-hydrogen) atoms. The van der Waals surface area contributed by atoms with Crippen LogP contribution in [0.5, 0.6) is 0 Å². The summed E-state index contributed by atoms with van der Waals surface area (Å²) in [6, 6.07) is 18.5. The fourth-order valence-electron chi connectivity index (χ4n) is 2.97. The summed E-state index contributed by atoms with van der Waals surface area (Å²) < 4.78 is 0. The Morgan fingerprint density at radius 1 is 1.12 bits per heavy atom. The first kappa shape index (κ1) is 18.4. The van der Waals surface area contributed by atoms with E-state index in [1.165, 1.54) is 5.56 Å². The van der Waals surface area contributed by atoms with Crippen LogP contribution >= 0.6 is 0 Å². The molecule has 0 aliphatic heterocycles. The maximum absolute atomic E-state index is 10.8. The lowest BCUT2D eigenvalue weighted by atomic mass is 10.0. The Labute approximate surface area is 146 Å². The van der Waals surface area contributed by atoms with E-state index in [1.54, 1.807) is 0 Å². The second-order valence-electron chi connectivity index (χ2n) is 6.37. The normalized spacial score (nSPS) is 13.7. The molecule has 2 nitrogen and oxygen atoms in total. The third-order valence-corrected chi connectivity index (χ3v) is 4.55. The number of nitrogens with zero attached hydrogens (tertiary/aromatic N) is 1. The first-order valence-corrected chi connectivity index (χ1v) is 8.84. The molecule has 1 N–H and O–H groups in total. The van der Waals surface area contributed by atoms with Crippen LogP contribution in [-0.2, 0) is 6.54 Å². The zero-order chi connectivity index (χ0) is 17.4. The van der Waals surface area contributed by atoms with Crippen LogP contribution < -0.4 is 0 Å². The van der Waals surface area contributed by atoms with Crippen LogP contribution in [0, 0.1) is 0 Å². The third-order valence-electron chi connectivity index (χ3n) is 4.55. The van der Waals surface area contributed by atoms with Gasteiger partial charge < -0.3 is 5.11 Å². The molecule has 0 amide bonds. The first-order chi connectivity index (χ1) is 11.7. The number of aliphatic hydroxyl groups excluding tert-OH is 1. The van der Waals surface area contributed by atoms with Crippen LogP contribution in [0.2, 0.25) is 0 Å². The van der Waals surface area contributed by atoms with Crippen LogP contribution in [0.4, 0.5) is 0 Å². The van der Waals surface area contributed by atoms with Gasteiger partial charge in [0.05, 0.1) is 6.10 Å². The van der Waals surface area contributed by atoms with E-state index in [-0.39, 0.29) is 6.04 Å². The Bertz CT molecular complexity index is 623. The highest BCUT2D eigenvalue weighted by Crippen LogP contribution is 2.23. The number of rotatable bonds is 9. The molecule has 0 heterocycles. The standard InChI is InChI=1S/C22H29NO/c1-4-6-15-23(17-20-12-10-11-19(5-2)16-20)18(3)22(24)21-13-8-7-9-14-21/h5,7-14,16,18,22,24H,2,4,6,15,17H2,1,3H3/t18-,22-/m1/s1. The molecule has 0 bridgehead atoms. The Morgan fingerprint density at radius 2 is 1.88 bits per heavy atom. The van der Waals surface area contributed by atoms with Gasteiger partial charge in [-0.05, 0) is 36.6 Å². The van der Waals surface area contributed by atoms with Crippen LogP contribution in [-0.4, -0.2) is 22.6 Å². The van der Waals surface area contributed by atoms with Crippen molar-refractivity contribution in [2.75, 3.05) is 6.54 Å². The molecule has 0 aromatic heterocycles. The Balaban J connectivity index is 2.15. The van der Waals surface area contributed by atoms with Gasteiger partial charge in [-0.2, -0.15) is 0 Å². The topological polar surface area (TPSA) is 23.5 Å². The van der Waals surface area contributed by atoms with E-state index in [0.717, 1.165) is 37.1 Å². The van der Waals surface area contributed by atoms with Crippen LogP contribution in [0.1, 0.15) is 49.5 Å². The lowest BCUT2D eigenvalue weighted by Gasteiger charge is -2.32. The van der Waals surface area contributed by atoms with Gasteiger partial charge in [-0.15, -0.1) is 0 Å². The number of benzene rings is 2. The SMILES string of the molecule is C=Cc1cccc(CN(CCCC)[C@H](C)[C@@H](O)c2ccccc2)c1. The molecule has 0 saturated heterocycles. The molecule has 2 aromatic carbocycles. The third kappa shape index (κ3) is 5.05. The van der Waals surface area contributed by atoms with Gasteiger partial charge in [-0.3, -0.25) is 4.90 Å². The molecule has 2 atom stereocenters.